The molecular formula is C14H17N3O. The van der Waals surface area contributed by atoms with Crippen LogP contribution in [0.5, 0.6) is 0 Å². The van der Waals surface area contributed by atoms with Crippen LogP contribution in [-0.2, 0) is 11.3 Å². The highest BCUT2D eigenvalue weighted by atomic mass is 16.1. The number of nitrogens with zero attached hydrogens (tertiary/aromatic N) is 1. The maximum Gasteiger partial charge on any atom is 0.224 e. The Morgan fingerprint density at radius 2 is 2.17 bits per heavy atom. The lowest BCUT2D eigenvalue weighted by atomic mass is 9.97. The van der Waals surface area contributed by atoms with E-state index in [2.05, 4.69) is 23.6 Å². The van der Waals surface area contributed by atoms with Gasteiger partial charge in [0.15, 0.2) is 0 Å². The molecule has 0 spiro atoms. The first kappa shape index (κ1) is 12.6. The summed E-state index contributed by atoms with van der Waals surface area (Å²) in [4.78, 5) is 11.9. The zero-order valence-corrected chi connectivity index (χ0v) is 10.4. The topological polar surface area (TPSA) is 64.9 Å². The second kappa shape index (κ2) is 5.65. The van der Waals surface area contributed by atoms with Crippen LogP contribution in [0.15, 0.2) is 24.3 Å². The van der Waals surface area contributed by atoms with Crippen molar-refractivity contribution < 1.29 is 4.79 Å². The van der Waals surface area contributed by atoms with Gasteiger partial charge in [-0.1, -0.05) is 19.1 Å². The molecule has 1 fully saturated rings. The number of rotatable bonds is 3. The van der Waals surface area contributed by atoms with Gasteiger partial charge in [-0.05, 0) is 30.2 Å². The third-order valence-electron chi connectivity index (χ3n) is 3.40. The number of hydrogen-bond donors (Lipinski definition) is 2. The first-order chi connectivity index (χ1) is 8.70. The van der Waals surface area contributed by atoms with Gasteiger partial charge < -0.3 is 10.6 Å². The van der Waals surface area contributed by atoms with E-state index in [1.165, 1.54) is 0 Å². The summed E-state index contributed by atoms with van der Waals surface area (Å²) in [6.45, 7) is 4.29. The lowest BCUT2D eigenvalue weighted by Crippen LogP contribution is -2.33. The Morgan fingerprint density at radius 3 is 2.72 bits per heavy atom. The molecular weight excluding hydrogens is 226 g/mol. The largest absolute Gasteiger partial charge is 0.352 e. The predicted octanol–water partition coefficient (Wildman–Crippen LogP) is 1.03. The first-order valence-corrected chi connectivity index (χ1v) is 6.18. The fraction of sp³-hybridized carbons (Fsp3) is 0.429. The highest BCUT2D eigenvalue weighted by Gasteiger charge is 2.29. The summed E-state index contributed by atoms with van der Waals surface area (Å²) in [6.07, 6.45) is 0. The average Bonchev–Trinajstić information content (AvgIpc) is 2.83. The van der Waals surface area contributed by atoms with E-state index in [4.69, 9.17) is 5.26 Å². The zero-order chi connectivity index (χ0) is 13.0. The number of hydrogen-bond acceptors (Lipinski definition) is 3. The molecule has 18 heavy (non-hydrogen) atoms. The monoisotopic (exact) mass is 243 g/mol. The van der Waals surface area contributed by atoms with E-state index < -0.39 is 0 Å². The van der Waals surface area contributed by atoms with Gasteiger partial charge >= 0.3 is 0 Å². The van der Waals surface area contributed by atoms with Crippen molar-refractivity contribution >= 4 is 5.91 Å². The molecule has 2 atom stereocenters. The molecule has 1 amide bonds. The van der Waals surface area contributed by atoms with E-state index in [9.17, 15) is 4.79 Å². The van der Waals surface area contributed by atoms with E-state index in [0.29, 0.717) is 18.0 Å². The molecule has 0 aromatic heterocycles. The van der Waals surface area contributed by atoms with Crippen LogP contribution in [0.1, 0.15) is 18.1 Å². The van der Waals surface area contributed by atoms with Crippen molar-refractivity contribution in [1.29, 1.82) is 5.26 Å². The van der Waals surface area contributed by atoms with Gasteiger partial charge in [-0.2, -0.15) is 5.26 Å². The highest BCUT2D eigenvalue weighted by Crippen LogP contribution is 2.15. The molecule has 1 heterocycles. The Kier molecular flexibility index (Phi) is 3.96. The van der Waals surface area contributed by atoms with Crippen LogP contribution in [0.2, 0.25) is 0 Å². The number of nitriles is 1. The Hall–Kier alpha value is -1.86. The fourth-order valence-electron chi connectivity index (χ4n) is 2.18. The molecule has 0 radical (unpaired) electrons. The van der Waals surface area contributed by atoms with Gasteiger partial charge in [-0.15, -0.1) is 0 Å². The number of benzene rings is 1. The number of amides is 1. The van der Waals surface area contributed by atoms with Crippen LogP contribution in [-0.4, -0.2) is 19.0 Å². The highest BCUT2D eigenvalue weighted by molar-refractivity contribution is 5.79. The second-order valence-corrected chi connectivity index (χ2v) is 4.77. The molecule has 2 unspecified atom stereocenters. The minimum absolute atomic E-state index is 0.0726. The lowest BCUT2D eigenvalue weighted by molar-refractivity contribution is -0.125. The van der Waals surface area contributed by atoms with E-state index in [1.54, 1.807) is 12.1 Å². The molecule has 0 saturated carbocycles. The van der Waals surface area contributed by atoms with Crippen LogP contribution in [0, 0.1) is 23.2 Å². The summed E-state index contributed by atoms with van der Waals surface area (Å²) in [5.74, 6) is 0.575. The smallest absolute Gasteiger partial charge is 0.224 e. The van der Waals surface area contributed by atoms with Gasteiger partial charge in [0.2, 0.25) is 5.91 Å². The van der Waals surface area contributed by atoms with E-state index in [0.717, 1.165) is 18.7 Å². The predicted molar refractivity (Wildman–Crippen MR) is 68.5 cm³/mol. The third-order valence-corrected chi connectivity index (χ3v) is 3.40. The zero-order valence-electron chi connectivity index (χ0n) is 10.4. The van der Waals surface area contributed by atoms with Crippen molar-refractivity contribution in [3.63, 3.8) is 0 Å². The summed E-state index contributed by atoms with van der Waals surface area (Å²) < 4.78 is 0. The maximum absolute atomic E-state index is 11.9. The Balaban J connectivity index is 1.87. The Morgan fingerprint density at radius 1 is 1.44 bits per heavy atom. The first-order valence-electron chi connectivity index (χ1n) is 6.18. The summed E-state index contributed by atoms with van der Waals surface area (Å²) in [6, 6.07) is 9.34. The minimum Gasteiger partial charge on any atom is -0.352 e. The van der Waals surface area contributed by atoms with Crippen molar-refractivity contribution in [1.82, 2.24) is 10.6 Å². The number of nitrogens with one attached hydrogen (secondary N) is 2. The van der Waals surface area contributed by atoms with Crippen molar-refractivity contribution in [3.8, 4) is 6.07 Å². The van der Waals surface area contributed by atoms with Gasteiger partial charge in [-0.3, -0.25) is 4.79 Å². The molecule has 94 valence electrons. The van der Waals surface area contributed by atoms with E-state index in [-0.39, 0.29) is 11.8 Å². The van der Waals surface area contributed by atoms with E-state index in [1.807, 2.05) is 12.1 Å². The molecule has 1 saturated heterocycles. The Labute approximate surface area is 107 Å². The molecule has 1 aliphatic rings. The lowest BCUT2D eigenvalue weighted by Gasteiger charge is -2.14. The fourth-order valence-corrected chi connectivity index (χ4v) is 2.18. The third kappa shape index (κ3) is 2.88. The molecule has 1 aromatic rings. The van der Waals surface area contributed by atoms with Gasteiger partial charge in [-0.25, -0.2) is 0 Å². The molecule has 2 rings (SSSR count). The van der Waals surface area contributed by atoms with E-state index >= 15 is 0 Å². The number of carbonyl (C=O) groups excluding carboxylic acids is 1. The SMILES string of the molecule is CC1CNCC1C(=O)NCc1ccc(C#N)cc1. The standard InChI is InChI=1S/C14H17N3O/c1-10-7-16-9-13(10)14(18)17-8-12-4-2-11(6-15)3-5-12/h2-5,10,13,16H,7-9H2,1H3,(H,17,18). The average molecular weight is 243 g/mol. The minimum atomic E-state index is 0.0726. The summed E-state index contributed by atoms with van der Waals surface area (Å²) in [7, 11) is 0. The van der Waals surface area contributed by atoms with Gasteiger partial charge in [0, 0.05) is 13.1 Å². The molecule has 4 heteroatoms. The molecule has 2 N–H and O–H groups in total. The molecule has 0 bridgehead atoms. The van der Waals surface area contributed by atoms with Crippen LogP contribution in [0.4, 0.5) is 0 Å². The second-order valence-electron chi connectivity index (χ2n) is 4.77. The molecule has 4 nitrogen and oxygen atoms in total. The number of carbonyl (C=O) groups is 1. The summed E-state index contributed by atoms with van der Waals surface area (Å²) >= 11 is 0. The van der Waals surface area contributed by atoms with Crippen LogP contribution in [0.25, 0.3) is 0 Å². The van der Waals surface area contributed by atoms with Gasteiger partial charge in [0.05, 0.1) is 17.6 Å². The van der Waals surface area contributed by atoms with Gasteiger partial charge in [0.25, 0.3) is 0 Å². The van der Waals surface area contributed by atoms with Crippen LogP contribution >= 0.6 is 0 Å². The quantitative estimate of drug-likeness (QED) is 0.833. The van der Waals surface area contributed by atoms with Gasteiger partial charge in [0.1, 0.15) is 0 Å². The van der Waals surface area contributed by atoms with Crippen molar-refractivity contribution in [2.75, 3.05) is 13.1 Å². The van der Waals surface area contributed by atoms with Crippen molar-refractivity contribution in [3.05, 3.63) is 35.4 Å². The molecule has 1 aromatic carbocycles. The van der Waals surface area contributed by atoms with Crippen molar-refractivity contribution in [2.45, 2.75) is 13.5 Å². The van der Waals surface area contributed by atoms with Crippen LogP contribution in [0.3, 0.4) is 0 Å². The molecule has 0 aliphatic carbocycles. The summed E-state index contributed by atoms with van der Waals surface area (Å²) in [5, 5.41) is 14.9. The molecule has 1 aliphatic heterocycles. The Bertz CT molecular complexity index is 461. The maximum atomic E-state index is 11.9. The van der Waals surface area contributed by atoms with Crippen LogP contribution < -0.4 is 10.6 Å². The normalized spacial score (nSPS) is 22.4. The summed E-state index contributed by atoms with van der Waals surface area (Å²) in [5.41, 5.74) is 1.65. The van der Waals surface area contributed by atoms with Crippen molar-refractivity contribution in [2.24, 2.45) is 11.8 Å².